The van der Waals surface area contributed by atoms with E-state index in [1.807, 2.05) is 35.9 Å². The number of nitrogens with zero attached hydrogens (tertiary/aromatic N) is 3. The highest BCUT2D eigenvalue weighted by molar-refractivity contribution is 7.99. The lowest BCUT2D eigenvalue weighted by atomic mass is 9.93. The minimum atomic E-state index is -0.290. The van der Waals surface area contributed by atoms with Gasteiger partial charge in [0.15, 0.2) is 5.78 Å². The number of nitrogens with one attached hydrogen (secondary N) is 1. The SMILES string of the molecule is CCCCOc1ccc(C2C(C(C)=O)=C(C)Nc3nc(SCCC)nn32)cc1. The van der Waals surface area contributed by atoms with Crippen molar-refractivity contribution >= 4 is 23.5 Å². The maximum atomic E-state index is 12.4. The third-order valence-electron chi connectivity index (χ3n) is 4.61. The summed E-state index contributed by atoms with van der Waals surface area (Å²) in [5.74, 6) is 2.51. The first-order valence-corrected chi connectivity index (χ1v) is 10.8. The Kier molecular flexibility index (Phi) is 6.78. The van der Waals surface area contributed by atoms with Gasteiger partial charge in [-0.2, -0.15) is 4.98 Å². The lowest BCUT2D eigenvalue weighted by molar-refractivity contribution is -0.114. The number of ketones is 1. The van der Waals surface area contributed by atoms with E-state index in [4.69, 9.17) is 4.74 Å². The van der Waals surface area contributed by atoms with Gasteiger partial charge in [-0.3, -0.25) is 4.79 Å². The Morgan fingerprint density at radius 1 is 1.25 bits per heavy atom. The van der Waals surface area contributed by atoms with E-state index in [0.29, 0.717) is 18.1 Å². The molecule has 7 heteroatoms. The zero-order valence-corrected chi connectivity index (χ0v) is 17.8. The van der Waals surface area contributed by atoms with Crippen molar-refractivity contribution in [1.29, 1.82) is 0 Å². The van der Waals surface area contributed by atoms with Crippen LogP contribution in [0.15, 0.2) is 40.7 Å². The predicted molar refractivity (Wildman–Crippen MR) is 113 cm³/mol. The molecule has 1 aromatic carbocycles. The smallest absolute Gasteiger partial charge is 0.227 e. The van der Waals surface area contributed by atoms with Gasteiger partial charge in [0.05, 0.1) is 6.61 Å². The molecule has 0 saturated carbocycles. The summed E-state index contributed by atoms with van der Waals surface area (Å²) in [4.78, 5) is 17.0. The van der Waals surface area contributed by atoms with Gasteiger partial charge in [0, 0.05) is 17.0 Å². The number of rotatable bonds is 9. The lowest BCUT2D eigenvalue weighted by Gasteiger charge is -2.28. The molecule has 1 unspecified atom stereocenters. The molecule has 3 rings (SSSR count). The fraction of sp³-hybridized carbons (Fsp3) is 0.476. The molecule has 1 aromatic heterocycles. The molecule has 2 heterocycles. The molecule has 0 bridgehead atoms. The minimum Gasteiger partial charge on any atom is -0.494 e. The van der Waals surface area contributed by atoms with Gasteiger partial charge in [-0.15, -0.1) is 5.10 Å². The molecule has 0 saturated heterocycles. The normalized spacial score (nSPS) is 15.9. The Labute approximate surface area is 170 Å². The van der Waals surface area contributed by atoms with Gasteiger partial charge >= 0.3 is 0 Å². The van der Waals surface area contributed by atoms with Crippen molar-refractivity contribution in [2.45, 2.75) is 58.2 Å². The molecule has 1 aliphatic heterocycles. The molecule has 0 amide bonds. The van der Waals surface area contributed by atoms with Crippen LogP contribution in [0.3, 0.4) is 0 Å². The van der Waals surface area contributed by atoms with Gasteiger partial charge < -0.3 is 10.1 Å². The maximum absolute atomic E-state index is 12.4. The van der Waals surface area contributed by atoms with E-state index < -0.39 is 0 Å². The van der Waals surface area contributed by atoms with E-state index in [1.165, 1.54) is 0 Å². The molecule has 28 heavy (non-hydrogen) atoms. The van der Waals surface area contributed by atoms with Crippen molar-refractivity contribution in [2.75, 3.05) is 17.7 Å². The monoisotopic (exact) mass is 400 g/mol. The summed E-state index contributed by atoms with van der Waals surface area (Å²) in [5, 5.41) is 8.66. The van der Waals surface area contributed by atoms with Crippen molar-refractivity contribution in [1.82, 2.24) is 14.8 Å². The van der Waals surface area contributed by atoms with Crippen LogP contribution in [0.5, 0.6) is 5.75 Å². The number of allylic oxidation sites excluding steroid dienone is 2. The van der Waals surface area contributed by atoms with Gasteiger partial charge in [-0.05, 0) is 44.4 Å². The Balaban J connectivity index is 1.94. The second-order valence-electron chi connectivity index (χ2n) is 6.90. The highest BCUT2D eigenvalue weighted by Crippen LogP contribution is 2.37. The Hall–Kier alpha value is -2.28. The van der Waals surface area contributed by atoms with Crippen LogP contribution < -0.4 is 10.1 Å². The molecule has 0 radical (unpaired) electrons. The Morgan fingerprint density at radius 2 is 2.00 bits per heavy atom. The molecular formula is C21H28N4O2S. The highest BCUT2D eigenvalue weighted by atomic mass is 32.2. The second-order valence-corrected chi connectivity index (χ2v) is 7.97. The topological polar surface area (TPSA) is 69.0 Å². The summed E-state index contributed by atoms with van der Waals surface area (Å²) < 4.78 is 7.60. The van der Waals surface area contributed by atoms with E-state index in [-0.39, 0.29) is 11.8 Å². The van der Waals surface area contributed by atoms with Crippen LogP contribution in [0, 0.1) is 0 Å². The Bertz CT molecular complexity index is 858. The number of benzene rings is 1. The zero-order valence-electron chi connectivity index (χ0n) is 17.0. The summed E-state index contributed by atoms with van der Waals surface area (Å²) >= 11 is 1.63. The van der Waals surface area contributed by atoms with Gasteiger partial charge in [-0.25, -0.2) is 4.68 Å². The molecule has 6 nitrogen and oxygen atoms in total. The first kappa shape index (κ1) is 20.5. The Morgan fingerprint density at radius 3 is 2.64 bits per heavy atom. The van der Waals surface area contributed by atoms with Crippen LogP contribution >= 0.6 is 11.8 Å². The average molecular weight is 401 g/mol. The predicted octanol–water partition coefficient (Wildman–Crippen LogP) is 4.84. The first-order chi connectivity index (χ1) is 13.5. The maximum Gasteiger partial charge on any atom is 0.227 e. The van der Waals surface area contributed by atoms with Crippen LogP contribution in [0.25, 0.3) is 0 Å². The highest BCUT2D eigenvalue weighted by Gasteiger charge is 2.32. The summed E-state index contributed by atoms with van der Waals surface area (Å²) in [6, 6.07) is 7.66. The number of ether oxygens (including phenoxy) is 1. The number of fused-ring (bicyclic) bond motifs is 1. The fourth-order valence-corrected chi connectivity index (χ4v) is 3.91. The number of thioether (sulfide) groups is 1. The number of hydrogen-bond donors (Lipinski definition) is 1. The van der Waals surface area contributed by atoms with Crippen LogP contribution in [0.1, 0.15) is 58.6 Å². The second kappa shape index (κ2) is 9.28. The van der Waals surface area contributed by atoms with Crippen molar-refractivity contribution in [3.05, 3.63) is 41.1 Å². The number of carbonyl (C=O) groups excluding carboxylic acids is 1. The molecule has 2 aromatic rings. The standard InChI is InChI=1S/C21H28N4O2S/c1-5-7-12-27-17-10-8-16(9-11-17)19-18(15(4)26)14(3)22-20-23-21(24-25(19)20)28-13-6-2/h8-11,19H,5-7,12-13H2,1-4H3,(H,22,23,24). The van der Waals surface area contributed by atoms with Gasteiger partial charge in [0.1, 0.15) is 11.8 Å². The van der Waals surface area contributed by atoms with Gasteiger partial charge in [-0.1, -0.05) is 44.2 Å². The van der Waals surface area contributed by atoms with Gasteiger partial charge in [0.25, 0.3) is 0 Å². The molecule has 0 fully saturated rings. The van der Waals surface area contributed by atoms with Crippen molar-refractivity contribution < 1.29 is 9.53 Å². The van der Waals surface area contributed by atoms with Crippen molar-refractivity contribution in [2.24, 2.45) is 0 Å². The van der Waals surface area contributed by atoms with Crippen LogP contribution in [-0.4, -0.2) is 32.9 Å². The number of anilines is 1. The van der Waals surface area contributed by atoms with E-state index in [9.17, 15) is 4.79 Å². The number of aromatic nitrogens is 3. The third-order valence-corrected chi connectivity index (χ3v) is 5.65. The van der Waals surface area contributed by atoms with E-state index in [0.717, 1.165) is 47.2 Å². The van der Waals surface area contributed by atoms with Crippen LogP contribution in [0.4, 0.5) is 5.95 Å². The molecule has 1 aliphatic rings. The zero-order chi connectivity index (χ0) is 20.1. The fourth-order valence-electron chi connectivity index (χ4n) is 3.23. The molecule has 1 N–H and O–H groups in total. The van der Waals surface area contributed by atoms with E-state index in [2.05, 4.69) is 29.2 Å². The minimum absolute atomic E-state index is 0.0298. The molecule has 0 spiro atoms. The number of carbonyl (C=O) groups is 1. The average Bonchev–Trinajstić information content (AvgIpc) is 3.08. The van der Waals surface area contributed by atoms with E-state index in [1.54, 1.807) is 18.7 Å². The number of hydrogen-bond acceptors (Lipinski definition) is 6. The lowest BCUT2D eigenvalue weighted by Crippen LogP contribution is -2.27. The molecule has 150 valence electrons. The summed E-state index contributed by atoms with van der Waals surface area (Å²) in [6.07, 6.45) is 3.19. The largest absolute Gasteiger partial charge is 0.494 e. The van der Waals surface area contributed by atoms with Crippen molar-refractivity contribution in [3.63, 3.8) is 0 Å². The van der Waals surface area contributed by atoms with E-state index >= 15 is 0 Å². The summed E-state index contributed by atoms with van der Waals surface area (Å²) in [5.41, 5.74) is 2.53. The summed E-state index contributed by atoms with van der Waals surface area (Å²) in [7, 11) is 0. The van der Waals surface area contributed by atoms with Crippen LogP contribution in [0.2, 0.25) is 0 Å². The number of Topliss-reactive ketones (excluding diaryl/α,β-unsaturated/α-hetero) is 1. The quantitative estimate of drug-likeness (QED) is 0.480. The van der Waals surface area contributed by atoms with Crippen LogP contribution in [-0.2, 0) is 4.79 Å². The number of unbranched alkanes of at least 4 members (excludes halogenated alkanes) is 1. The third kappa shape index (κ3) is 4.41. The molecular weight excluding hydrogens is 372 g/mol. The first-order valence-electron chi connectivity index (χ1n) is 9.86. The van der Waals surface area contributed by atoms with Crippen molar-refractivity contribution in [3.8, 4) is 5.75 Å². The molecule has 1 atom stereocenters. The molecule has 0 aliphatic carbocycles. The van der Waals surface area contributed by atoms with Gasteiger partial charge in [0.2, 0.25) is 11.1 Å². The summed E-state index contributed by atoms with van der Waals surface area (Å²) in [6.45, 7) is 8.51.